The lowest BCUT2D eigenvalue weighted by Gasteiger charge is -2.04. The van der Waals surface area contributed by atoms with Crippen molar-refractivity contribution in [3.8, 4) is 47.9 Å². The van der Waals surface area contributed by atoms with E-state index in [9.17, 15) is 5.11 Å². The molecule has 2 nitrogen and oxygen atoms in total. The maximum atomic E-state index is 9.28. The van der Waals surface area contributed by atoms with E-state index in [-0.39, 0.29) is 0 Å². The summed E-state index contributed by atoms with van der Waals surface area (Å²) in [6.07, 6.45) is 4.64. The standard InChI is InChI=1S/C13H12O2/c1-3-4-5-6-7-8-9-13(15)11-10-12(2)14/h1,12-15H,10-11H2,2H3. The van der Waals surface area contributed by atoms with Crippen molar-refractivity contribution in [1.82, 2.24) is 0 Å². The summed E-state index contributed by atoms with van der Waals surface area (Å²) in [7, 11) is 0. The van der Waals surface area contributed by atoms with Gasteiger partial charge in [0.15, 0.2) is 0 Å². The first-order valence-electron chi connectivity index (χ1n) is 4.49. The highest BCUT2D eigenvalue weighted by molar-refractivity contribution is 5.39. The van der Waals surface area contributed by atoms with Crippen LogP contribution in [0.15, 0.2) is 0 Å². The Balaban J connectivity index is 3.95. The number of hydrogen-bond donors (Lipinski definition) is 2. The van der Waals surface area contributed by atoms with E-state index in [2.05, 4.69) is 41.4 Å². The monoisotopic (exact) mass is 200 g/mol. The molecular formula is C13H12O2. The lowest BCUT2D eigenvalue weighted by atomic mass is 10.1. The molecule has 0 aromatic heterocycles. The van der Waals surface area contributed by atoms with Gasteiger partial charge in [-0.2, -0.15) is 0 Å². The summed E-state index contributed by atoms with van der Waals surface area (Å²) in [6.45, 7) is 1.66. The van der Waals surface area contributed by atoms with E-state index >= 15 is 0 Å². The molecule has 0 amide bonds. The van der Waals surface area contributed by atoms with Crippen molar-refractivity contribution in [2.45, 2.75) is 32.0 Å². The fourth-order valence-electron chi connectivity index (χ4n) is 0.720. The predicted octanol–water partition coefficient (Wildman–Crippen LogP) is 0.152. The minimum atomic E-state index is -0.755. The van der Waals surface area contributed by atoms with Crippen LogP contribution in [-0.4, -0.2) is 22.4 Å². The van der Waals surface area contributed by atoms with Crippen LogP contribution in [0.4, 0.5) is 0 Å². The van der Waals surface area contributed by atoms with Gasteiger partial charge in [0.2, 0.25) is 0 Å². The van der Waals surface area contributed by atoms with E-state index in [0.29, 0.717) is 12.8 Å². The Bertz CT molecular complexity index is 394. The lowest BCUT2D eigenvalue weighted by Crippen LogP contribution is -2.08. The number of aliphatic hydroxyl groups excluding tert-OH is 2. The third-order valence-electron chi connectivity index (χ3n) is 1.42. The molecule has 0 rings (SSSR count). The van der Waals surface area contributed by atoms with E-state index in [4.69, 9.17) is 11.5 Å². The third kappa shape index (κ3) is 10.1. The maximum absolute atomic E-state index is 9.28. The fraction of sp³-hybridized carbons (Fsp3) is 0.385. The first kappa shape index (κ1) is 13.2. The normalized spacial score (nSPS) is 11.3. The molecule has 0 fully saturated rings. The fourth-order valence-corrected chi connectivity index (χ4v) is 0.720. The van der Waals surface area contributed by atoms with Gasteiger partial charge in [-0.15, -0.1) is 6.42 Å². The molecule has 2 N–H and O–H groups in total. The Morgan fingerprint density at radius 1 is 1.00 bits per heavy atom. The lowest BCUT2D eigenvalue weighted by molar-refractivity contribution is 0.149. The van der Waals surface area contributed by atoms with Gasteiger partial charge in [-0.3, -0.25) is 0 Å². The molecule has 0 heterocycles. The van der Waals surface area contributed by atoms with Crippen LogP contribution in [0.2, 0.25) is 0 Å². The summed E-state index contributed by atoms with van der Waals surface area (Å²) in [5.74, 6) is 16.6. The molecule has 0 saturated carbocycles. The molecule has 0 aliphatic rings. The minimum Gasteiger partial charge on any atom is -0.393 e. The largest absolute Gasteiger partial charge is 0.393 e. The number of terminal acetylenes is 1. The molecule has 0 spiro atoms. The van der Waals surface area contributed by atoms with Crippen LogP contribution in [0.5, 0.6) is 0 Å². The quantitative estimate of drug-likeness (QED) is 0.637. The average molecular weight is 200 g/mol. The smallest absolute Gasteiger partial charge is 0.115 e. The zero-order valence-corrected chi connectivity index (χ0v) is 8.54. The second-order valence-electron chi connectivity index (χ2n) is 2.86. The molecule has 0 aliphatic carbocycles. The number of rotatable bonds is 3. The van der Waals surface area contributed by atoms with Crippen LogP contribution < -0.4 is 0 Å². The zero-order chi connectivity index (χ0) is 11.5. The summed E-state index contributed by atoms with van der Waals surface area (Å²) in [6, 6.07) is 0. The van der Waals surface area contributed by atoms with E-state index in [1.54, 1.807) is 6.92 Å². The number of hydrogen-bond acceptors (Lipinski definition) is 2. The van der Waals surface area contributed by atoms with Gasteiger partial charge in [-0.25, -0.2) is 0 Å². The van der Waals surface area contributed by atoms with Gasteiger partial charge >= 0.3 is 0 Å². The summed E-state index contributed by atoms with van der Waals surface area (Å²) in [5.41, 5.74) is 0. The van der Waals surface area contributed by atoms with Crippen molar-refractivity contribution >= 4 is 0 Å². The van der Waals surface area contributed by atoms with Crippen LogP contribution in [0.1, 0.15) is 19.8 Å². The van der Waals surface area contributed by atoms with Crippen LogP contribution >= 0.6 is 0 Å². The molecule has 0 bridgehead atoms. The van der Waals surface area contributed by atoms with Gasteiger partial charge in [0.1, 0.15) is 6.10 Å². The summed E-state index contributed by atoms with van der Waals surface area (Å²) < 4.78 is 0. The molecule has 2 heteroatoms. The van der Waals surface area contributed by atoms with Crippen LogP contribution in [0.25, 0.3) is 0 Å². The Morgan fingerprint density at radius 3 is 2.20 bits per heavy atom. The second kappa shape index (κ2) is 8.74. The minimum absolute atomic E-state index is 0.422. The molecule has 0 aliphatic heterocycles. The third-order valence-corrected chi connectivity index (χ3v) is 1.42. The summed E-state index contributed by atoms with van der Waals surface area (Å²) in [4.78, 5) is 0. The van der Waals surface area contributed by atoms with Crippen molar-refractivity contribution < 1.29 is 10.2 Å². The van der Waals surface area contributed by atoms with Gasteiger partial charge in [0, 0.05) is 0 Å². The highest BCUT2D eigenvalue weighted by Crippen LogP contribution is 1.99. The molecule has 76 valence electrons. The second-order valence-corrected chi connectivity index (χ2v) is 2.86. The molecular weight excluding hydrogens is 188 g/mol. The molecule has 0 aromatic rings. The molecule has 0 aromatic carbocycles. The van der Waals surface area contributed by atoms with E-state index in [0.717, 1.165) is 0 Å². The maximum Gasteiger partial charge on any atom is 0.115 e. The van der Waals surface area contributed by atoms with Crippen molar-refractivity contribution in [3.05, 3.63) is 0 Å². The summed E-state index contributed by atoms with van der Waals surface area (Å²) >= 11 is 0. The SMILES string of the molecule is C#CC#CC#CC#CC(O)CCC(C)O. The molecule has 0 radical (unpaired) electrons. The van der Waals surface area contributed by atoms with Crippen LogP contribution in [0, 0.1) is 47.9 Å². The average Bonchev–Trinajstić information content (AvgIpc) is 2.20. The Morgan fingerprint density at radius 2 is 1.60 bits per heavy atom. The van der Waals surface area contributed by atoms with Crippen molar-refractivity contribution in [3.63, 3.8) is 0 Å². The topological polar surface area (TPSA) is 40.5 Å². The van der Waals surface area contributed by atoms with Gasteiger partial charge in [-0.1, -0.05) is 5.92 Å². The van der Waals surface area contributed by atoms with Crippen molar-refractivity contribution in [2.24, 2.45) is 0 Å². The molecule has 0 saturated heterocycles. The predicted molar refractivity (Wildman–Crippen MR) is 59.1 cm³/mol. The van der Waals surface area contributed by atoms with Gasteiger partial charge in [-0.05, 0) is 55.3 Å². The molecule has 2 unspecified atom stereocenters. The Labute approximate surface area is 90.7 Å². The number of aliphatic hydroxyl groups is 2. The zero-order valence-electron chi connectivity index (χ0n) is 8.54. The van der Waals surface area contributed by atoms with Crippen molar-refractivity contribution in [1.29, 1.82) is 0 Å². The summed E-state index contributed by atoms with van der Waals surface area (Å²) in [5, 5.41) is 18.2. The van der Waals surface area contributed by atoms with Crippen molar-refractivity contribution in [2.75, 3.05) is 0 Å². The Kier molecular flexibility index (Phi) is 7.67. The highest BCUT2D eigenvalue weighted by atomic mass is 16.3. The first-order chi connectivity index (χ1) is 7.16. The molecule has 15 heavy (non-hydrogen) atoms. The van der Waals surface area contributed by atoms with E-state index < -0.39 is 12.2 Å². The Hall–Kier alpha value is -1.84. The first-order valence-corrected chi connectivity index (χ1v) is 4.49. The van der Waals surface area contributed by atoms with E-state index in [1.165, 1.54) is 0 Å². The van der Waals surface area contributed by atoms with Gasteiger partial charge in [0.05, 0.1) is 6.10 Å². The molecule has 2 atom stereocenters. The van der Waals surface area contributed by atoms with Crippen LogP contribution in [0.3, 0.4) is 0 Å². The van der Waals surface area contributed by atoms with Crippen LogP contribution in [-0.2, 0) is 0 Å². The van der Waals surface area contributed by atoms with E-state index in [1.807, 2.05) is 0 Å². The van der Waals surface area contributed by atoms with Gasteiger partial charge in [0.25, 0.3) is 0 Å². The van der Waals surface area contributed by atoms with Gasteiger partial charge < -0.3 is 10.2 Å². The highest BCUT2D eigenvalue weighted by Gasteiger charge is 2.01.